The lowest BCUT2D eigenvalue weighted by Gasteiger charge is -2.26. The maximum atomic E-state index is 12.3. The Labute approximate surface area is 109 Å². The van der Waals surface area contributed by atoms with Gasteiger partial charge in [0.25, 0.3) is 0 Å². The summed E-state index contributed by atoms with van der Waals surface area (Å²) >= 11 is 0. The number of carbonyl (C=O) groups is 1. The first-order valence-corrected chi connectivity index (χ1v) is 6.98. The molecule has 0 bridgehead atoms. The Morgan fingerprint density at radius 3 is 2.50 bits per heavy atom. The zero-order chi connectivity index (χ0) is 12.8. The van der Waals surface area contributed by atoms with Gasteiger partial charge in [-0.1, -0.05) is 56.5 Å². The van der Waals surface area contributed by atoms with Crippen molar-refractivity contribution in [3.05, 3.63) is 35.9 Å². The molecule has 0 heterocycles. The molecule has 1 fully saturated rings. The molecule has 0 amide bonds. The Balaban J connectivity index is 1.94. The summed E-state index contributed by atoms with van der Waals surface area (Å²) in [4.78, 5) is 12.3. The van der Waals surface area contributed by atoms with Crippen LogP contribution in [-0.2, 0) is 16.1 Å². The largest absolute Gasteiger partial charge is 0.460 e. The summed E-state index contributed by atoms with van der Waals surface area (Å²) < 4.78 is 5.53. The topological polar surface area (TPSA) is 26.3 Å². The van der Waals surface area contributed by atoms with Crippen LogP contribution >= 0.6 is 0 Å². The van der Waals surface area contributed by atoms with Gasteiger partial charge in [-0.2, -0.15) is 0 Å². The lowest BCUT2D eigenvalue weighted by molar-refractivity contribution is -0.157. The van der Waals surface area contributed by atoms with Crippen LogP contribution in [0, 0.1) is 5.41 Å². The first-order chi connectivity index (χ1) is 8.77. The average molecular weight is 246 g/mol. The second-order valence-electron chi connectivity index (χ2n) is 5.30. The van der Waals surface area contributed by atoms with Crippen LogP contribution in [0.5, 0.6) is 0 Å². The maximum absolute atomic E-state index is 12.3. The van der Waals surface area contributed by atoms with Crippen LogP contribution in [0.3, 0.4) is 0 Å². The van der Waals surface area contributed by atoms with E-state index in [9.17, 15) is 4.79 Å². The van der Waals surface area contributed by atoms with Crippen molar-refractivity contribution in [1.29, 1.82) is 0 Å². The number of benzene rings is 1. The van der Waals surface area contributed by atoms with Crippen LogP contribution in [0.4, 0.5) is 0 Å². The third kappa shape index (κ3) is 2.92. The molecule has 1 aliphatic rings. The second-order valence-corrected chi connectivity index (χ2v) is 5.30. The number of esters is 1. The standard InChI is InChI=1S/C16H22O2/c1-2-10-16(11-6-7-12-16)15(17)18-13-14-8-4-3-5-9-14/h3-5,8-9H,2,6-7,10-13H2,1H3. The van der Waals surface area contributed by atoms with Gasteiger partial charge in [0.15, 0.2) is 0 Å². The van der Waals surface area contributed by atoms with Crippen molar-refractivity contribution in [2.24, 2.45) is 5.41 Å². The molecular formula is C16H22O2. The molecule has 1 aromatic rings. The highest BCUT2D eigenvalue weighted by atomic mass is 16.5. The van der Waals surface area contributed by atoms with Crippen LogP contribution in [0.15, 0.2) is 30.3 Å². The first kappa shape index (κ1) is 13.1. The second kappa shape index (κ2) is 6.03. The lowest BCUT2D eigenvalue weighted by atomic mass is 9.82. The van der Waals surface area contributed by atoms with E-state index in [-0.39, 0.29) is 11.4 Å². The Hall–Kier alpha value is -1.31. The maximum Gasteiger partial charge on any atom is 0.312 e. The smallest absolute Gasteiger partial charge is 0.312 e. The molecule has 1 saturated carbocycles. The molecule has 2 rings (SSSR count). The van der Waals surface area contributed by atoms with E-state index in [0.717, 1.165) is 31.2 Å². The van der Waals surface area contributed by atoms with Gasteiger partial charge in [-0.25, -0.2) is 0 Å². The molecule has 18 heavy (non-hydrogen) atoms. The van der Waals surface area contributed by atoms with E-state index >= 15 is 0 Å². The minimum absolute atomic E-state index is 0.0192. The first-order valence-electron chi connectivity index (χ1n) is 6.98. The fraction of sp³-hybridized carbons (Fsp3) is 0.562. The molecule has 0 spiro atoms. The summed E-state index contributed by atoms with van der Waals surface area (Å²) in [5.41, 5.74) is 0.888. The van der Waals surface area contributed by atoms with E-state index in [4.69, 9.17) is 4.74 Å². The minimum atomic E-state index is -0.177. The summed E-state index contributed by atoms with van der Waals surface area (Å²) in [5.74, 6) is 0.0192. The Morgan fingerprint density at radius 1 is 1.22 bits per heavy atom. The fourth-order valence-electron chi connectivity index (χ4n) is 2.96. The molecule has 0 unspecified atom stereocenters. The summed E-state index contributed by atoms with van der Waals surface area (Å²) in [6.45, 7) is 2.55. The molecule has 0 saturated heterocycles. The molecule has 0 N–H and O–H groups in total. The quantitative estimate of drug-likeness (QED) is 0.731. The van der Waals surface area contributed by atoms with Crippen molar-refractivity contribution in [3.8, 4) is 0 Å². The van der Waals surface area contributed by atoms with E-state index in [0.29, 0.717) is 6.61 Å². The number of carbonyl (C=O) groups excluding carboxylic acids is 1. The van der Waals surface area contributed by atoms with Gasteiger partial charge < -0.3 is 4.74 Å². The number of ether oxygens (including phenoxy) is 1. The van der Waals surface area contributed by atoms with Crippen molar-refractivity contribution in [3.63, 3.8) is 0 Å². The van der Waals surface area contributed by atoms with Gasteiger partial charge in [-0.3, -0.25) is 4.79 Å². The van der Waals surface area contributed by atoms with Crippen molar-refractivity contribution in [2.45, 2.75) is 52.1 Å². The lowest BCUT2D eigenvalue weighted by Crippen LogP contribution is -2.29. The Morgan fingerprint density at radius 2 is 1.89 bits per heavy atom. The number of hydrogen-bond acceptors (Lipinski definition) is 2. The van der Waals surface area contributed by atoms with E-state index < -0.39 is 0 Å². The van der Waals surface area contributed by atoms with Crippen molar-refractivity contribution < 1.29 is 9.53 Å². The van der Waals surface area contributed by atoms with Gasteiger partial charge in [0, 0.05) is 0 Å². The normalized spacial score (nSPS) is 17.6. The molecule has 0 radical (unpaired) electrons. The predicted octanol–water partition coefficient (Wildman–Crippen LogP) is 4.09. The molecule has 1 aliphatic carbocycles. The van der Waals surface area contributed by atoms with Gasteiger partial charge in [-0.15, -0.1) is 0 Å². The summed E-state index contributed by atoms with van der Waals surface area (Å²) in [6.07, 6.45) is 6.38. The van der Waals surface area contributed by atoms with Crippen molar-refractivity contribution in [1.82, 2.24) is 0 Å². The SMILES string of the molecule is CCCC1(C(=O)OCc2ccccc2)CCCC1. The van der Waals surface area contributed by atoms with Gasteiger partial charge in [0.1, 0.15) is 6.61 Å². The molecule has 2 heteroatoms. The fourth-order valence-corrected chi connectivity index (χ4v) is 2.96. The third-order valence-corrected chi connectivity index (χ3v) is 3.93. The van der Waals surface area contributed by atoms with Crippen LogP contribution in [0.2, 0.25) is 0 Å². The molecule has 0 aliphatic heterocycles. The van der Waals surface area contributed by atoms with Crippen LogP contribution < -0.4 is 0 Å². The summed E-state index contributed by atoms with van der Waals surface area (Å²) in [6, 6.07) is 9.91. The van der Waals surface area contributed by atoms with Crippen molar-refractivity contribution >= 4 is 5.97 Å². The van der Waals surface area contributed by atoms with E-state index in [2.05, 4.69) is 6.92 Å². The van der Waals surface area contributed by atoms with E-state index in [1.54, 1.807) is 0 Å². The van der Waals surface area contributed by atoms with E-state index in [1.807, 2.05) is 30.3 Å². The van der Waals surface area contributed by atoms with Crippen LogP contribution in [0.25, 0.3) is 0 Å². The molecule has 1 aromatic carbocycles. The predicted molar refractivity (Wildman–Crippen MR) is 72.0 cm³/mol. The van der Waals surface area contributed by atoms with Crippen LogP contribution in [-0.4, -0.2) is 5.97 Å². The Kier molecular flexibility index (Phi) is 4.40. The number of rotatable bonds is 5. The molecule has 2 nitrogen and oxygen atoms in total. The van der Waals surface area contributed by atoms with Gasteiger partial charge in [0.05, 0.1) is 5.41 Å². The van der Waals surface area contributed by atoms with Gasteiger partial charge >= 0.3 is 5.97 Å². The molecule has 0 atom stereocenters. The number of hydrogen-bond donors (Lipinski definition) is 0. The molecule has 0 aromatic heterocycles. The third-order valence-electron chi connectivity index (χ3n) is 3.93. The highest BCUT2D eigenvalue weighted by molar-refractivity contribution is 5.77. The van der Waals surface area contributed by atoms with Gasteiger partial charge in [-0.05, 0) is 24.8 Å². The van der Waals surface area contributed by atoms with E-state index in [1.165, 1.54) is 12.8 Å². The highest BCUT2D eigenvalue weighted by Gasteiger charge is 2.41. The average Bonchev–Trinajstić information content (AvgIpc) is 2.87. The van der Waals surface area contributed by atoms with Crippen LogP contribution in [0.1, 0.15) is 51.0 Å². The zero-order valence-corrected chi connectivity index (χ0v) is 11.2. The van der Waals surface area contributed by atoms with Gasteiger partial charge in [0.2, 0.25) is 0 Å². The molecular weight excluding hydrogens is 224 g/mol. The zero-order valence-electron chi connectivity index (χ0n) is 11.2. The summed E-state index contributed by atoms with van der Waals surface area (Å²) in [7, 11) is 0. The van der Waals surface area contributed by atoms with Crippen molar-refractivity contribution in [2.75, 3.05) is 0 Å². The Bertz CT molecular complexity index is 377. The monoisotopic (exact) mass is 246 g/mol. The highest BCUT2D eigenvalue weighted by Crippen LogP contribution is 2.43. The molecule has 98 valence electrons. The minimum Gasteiger partial charge on any atom is -0.460 e. The summed E-state index contributed by atoms with van der Waals surface area (Å²) in [5, 5.41) is 0.